The second-order valence-electron chi connectivity index (χ2n) is 27.0. The first-order valence-electron chi connectivity index (χ1n) is 33.0. The van der Waals surface area contributed by atoms with Crippen LogP contribution in [0.1, 0.15) is 129 Å². The Balaban J connectivity index is 0.723. The van der Waals surface area contributed by atoms with E-state index in [0.717, 1.165) is 108 Å². The van der Waals surface area contributed by atoms with Gasteiger partial charge < -0.3 is 47.4 Å². The fourth-order valence-corrected chi connectivity index (χ4v) is 19.0. The summed E-state index contributed by atoms with van der Waals surface area (Å²) in [6.07, 6.45) is -3.73. The predicted molar refractivity (Wildman–Crippen MR) is 347 cm³/mol. The third-order valence-corrected chi connectivity index (χ3v) is 22.6. The number of fused-ring (bicyclic) bond motifs is 10. The van der Waals surface area contributed by atoms with E-state index in [-0.39, 0.29) is 83.6 Å². The summed E-state index contributed by atoms with van der Waals surface area (Å²) >= 11 is 0. The molecule has 92 heavy (non-hydrogen) atoms. The molecule has 0 N–H and O–H groups in total. The van der Waals surface area contributed by atoms with Gasteiger partial charge in [-0.05, 0) is 67.6 Å². The average Bonchev–Trinajstić information content (AvgIpc) is 1.56. The normalized spacial score (nSPS) is 32.7. The molecule has 10 nitrogen and oxygen atoms in total. The minimum Gasteiger partial charge on any atom is -0.490 e. The summed E-state index contributed by atoms with van der Waals surface area (Å²) in [7, 11) is 0. The first-order chi connectivity index (χ1) is 45.5. The van der Waals surface area contributed by atoms with E-state index in [1.807, 2.05) is 0 Å². The van der Waals surface area contributed by atoms with Crippen molar-refractivity contribution in [3.8, 4) is 57.5 Å². The van der Waals surface area contributed by atoms with Crippen molar-refractivity contribution in [2.45, 2.75) is 134 Å². The Bertz CT molecular complexity index is 4580. The number of hydrogen-bond acceptors (Lipinski definition) is 10. The minimum absolute atomic E-state index is 0.0673. The van der Waals surface area contributed by atoms with Gasteiger partial charge in [0.15, 0.2) is 0 Å². The van der Waals surface area contributed by atoms with Crippen LogP contribution in [0.15, 0.2) is 243 Å². The van der Waals surface area contributed by atoms with E-state index in [9.17, 15) is 0 Å². The third kappa shape index (κ3) is 7.66. The molecule has 10 aromatic carbocycles. The molecule has 10 aliphatic rings. The highest BCUT2D eigenvalue weighted by Crippen LogP contribution is 2.65. The molecule has 0 saturated heterocycles. The number of ether oxygens (including phenoxy) is 10. The van der Waals surface area contributed by atoms with Gasteiger partial charge in [0.05, 0.1) is 53.3 Å². The van der Waals surface area contributed by atoms with Gasteiger partial charge in [-0.2, -0.15) is 0 Å². The van der Waals surface area contributed by atoms with Crippen LogP contribution >= 0.6 is 0 Å². The van der Waals surface area contributed by atoms with Gasteiger partial charge in [0.1, 0.15) is 119 Å². The highest BCUT2D eigenvalue weighted by molar-refractivity contribution is 5.59. The molecule has 0 aliphatic carbocycles. The van der Waals surface area contributed by atoms with Crippen LogP contribution in [-0.4, -0.2) is 61.0 Å². The fourth-order valence-electron chi connectivity index (χ4n) is 19.0. The van der Waals surface area contributed by atoms with Crippen molar-refractivity contribution in [1.82, 2.24) is 0 Å². The van der Waals surface area contributed by atoms with Crippen LogP contribution in [0.5, 0.6) is 57.5 Å². The van der Waals surface area contributed by atoms with E-state index in [1.165, 1.54) is 5.56 Å². The number of para-hydroxylation sites is 10. The van der Waals surface area contributed by atoms with E-state index in [1.54, 1.807) is 0 Å². The zero-order chi connectivity index (χ0) is 60.4. The Morgan fingerprint density at radius 3 is 0.543 bits per heavy atom. The predicted octanol–water partition coefficient (Wildman–Crippen LogP) is 16.5. The molecule has 0 aromatic heterocycles. The van der Waals surface area contributed by atoms with E-state index in [2.05, 4.69) is 257 Å². The van der Waals surface area contributed by atoms with Crippen molar-refractivity contribution >= 4 is 0 Å². The van der Waals surface area contributed by atoms with Crippen LogP contribution in [-0.2, 0) is 0 Å². The summed E-state index contributed by atoms with van der Waals surface area (Å²) in [5.74, 6) is 6.63. The number of benzene rings is 10. The maximum absolute atomic E-state index is 7.75. The van der Waals surface area contributed by atoms with E-state index >= 15 is 0 Å². The van der Waals surface area contributed by atoms with Gasteiger partial charge >= 0.3 is 0 Å². The molecular weight excluding hydrogens is 1140 g/mol. The molecule has 10 heteroatoms. The minimum atomic E-state index is -0.490. The standard InChI is InChI=1S/C82H66O10/c1-43-45-23-3-13-33-55(45)84-74(43)66-47-25-5-15-35-57(47)86-76(66)68-49-27-7-17-37-59(49)88-78(68)70-51-29-9-19-39-61(51)90-80(70)72-53-31-11-21-41-63(53)92-82(72)73-54-32-12-22-42-64(54)91-81(73)71-52-30-10-20-40-62(52)89-79(71)69-50-28-8-18-38-60(50)87-77(69)67-48-26-6-16-36-58(48)85-75(67)65-44(2)83-56-34-14-4-24-46(56)65/h3-44,65-82H,1-2H3. The van der Waals surface area contributed by atoms with Crippen molar-refractivity contribution in [3.05, 3.63) is 298 Å². The quantitative estimate of drug-likeness (QED) is 0.139. The van der Waals surface area contributed by atoms with Crippen LogP contribution in [0.25, 0.3) is 0 Å². The Morgan fingerprint density at radius 1 is 0.163 bits per heavy atom. The molecule has 10 heterocycles. The fraction of sp³-hybridized carbons (Fsp3) is 0.268. The monoisotopic (exact) mass is 1210 g/mol. The molecule has 10 aromatic rings. The molecule has 454 valence electrons. The summed E-state index contributed by atoms with van der Waals surface area (Å²) in [5, 5.41) is 0. The highest BCUT2D eigenvalue weighted by Gasteiger charge is 2.65. The van der Waals surface area contributed by atoms with Crippen molar-refractivity contribution in [1.29, 1.82) is 0 Å². The van der Waals surface area contributed by atoms with Gasteiger partial charge in [-0.3, -0.25) is 0 Å². The Morgan fingerprint density at radius 2 is 0.315 bits per heavy atom. The first-order valence-corrected chi connectivity index (χ1v) is 33.0. The second-order valence-corrected chi connectivity index (χ2v) is 27.0. The smallest absolute Gasteiger partial charge is 0.123 e. The zero-order valence-corrected chi connectivity index (χ0v) is 50.7. The molecule has 0 amide bonds. The van der Waals surface area contributed by atoms with Gasteiger partial charge in [-0.1, -0.05) is 189 Å². The highest BCUT2D eigenvalue weighted by atomic mass is 16.6. The lowest BCUT2D eigenvalue weighted by molar-refractivity contribution is 0.00477. The van der Waals surface area contributed by atoms with Crippen molar-refractivity contribution < 1.29 is 47.4 Å². The molecule has 0 fully saturated rings. The summed E-state index contributed by atoms with van der Waals surface area (Å²) in [5.41, 5.74) is 11.3. The molecule has 20 unspecified atom stereocenters. The first kappa shape index (κ1) is 52.9. The molecule has 0 spiro atoms. The maximum Gasteiger partial charge on any atom is 0.123 e. The summed E-state index contributed by atoms with van der Waals surface area (Å²) in [4.78, 5) is 0. The molecule has 10 aliphatic heterocycles. The molecule has 20 rings (SSSR count). The van der Waals surface area contributed by atoms with E-state index in [4.69, 9.17) is 47.4 Å². The Labute approximate surface area is 534 Å². The summed E-state index contributed by atoms with van der Waals surface area (Å²) < 4.78 is 74.6. The SMILES string of the molecule is CC1Oc2ccccc2C1C1Oc2ccccc2C1C1Oc2ccccc2C1C1Oc2ccccc2C1C1Oc2ccccc2C1C1Oc2ccccc2C1C1Oc2ccccc2C1C1Oc2ccccc2C1C1Oc2ccccc2C1C1Oc2ccccc2C1C. The largest absolute Gasteiger partial charge is 0.490 e. The molecule has 0 radical (unpaired) electrons. The van der Waals surface area contributed by atoms with Crippen LogP contribution in [0, 0.1) is 0 Å². The molecule has 20 atom stereocenters. The number of rotatable bonds is 9. The van der Waals surface area contributed by atoms with Crippen molar-refractivity contribution in [2.75, 3.05) is 0 Å². The summed E-state index contributed by atoms with van der Waals surface area (Å²) in [6, 6.07) is 85.8. The van der Waals surface area contributed by atoms with Gasteiger partial charge in [-0.25, -0.2) is 0 Å². The van der Waals surface area contributed by atoms with E-state index < -0.39 is 36.6 Å². The third-order valence-electron chi connectivity index (χ3n) is 22.6. The number of hydrogen-bond donors (Lipinski definition) is 0. The molecular formula is C82H66O10. The Hall–Kier alpha value is -9.80. The maximum atomic E-state index is 7.75. The Kier molecular flexibility index (Phi) is 11.7. The van der Waals surface area contributed by atoms with Gasteiger partial charge in [0, 0.05) is 61.6 Å². The molecule has 0 saturated carbocycles. The van der Waals surface area contributed by atoms with E-state index in [0.29, 0.717) is 0 Å². The summed E-state index contributed by atoms with van der Waals surface area (Å²) in [6.45, 7) is 4.48. The van der Waals surface area contributed by atoms with Gasteiger partial charge in [-0.15, -0.1) is 0 Å². The lowest BCUT2D eigenvalue weighted by Gasteiger charge is -2.40. The zero-order valence-electron chi connectivity index (χ0n) is 50.7. The van der Waals surface area contributed by atoms with Crippen LogP contribution in [0.3, 0.4) is 0 Å². The van der Waals surface area contributed by atoms with Crippen LogP contribution < -0.4 is 47.4 Å². The van der Waals surface area contributed by atoms with Crippen LogP contribution in [0.4, 0.5) is 0 Å². The molecule has 0 bridgehead atoms. The van der Waals surface area contributed by atoms with Gasteiger partial charge in [0.2, 0.25) is 0 Å². The second kappa shape index (κ2) is 20.4. The van der Waals surface area contributed by atoms with Gasteiger partial charge in [0.25, 0.3) is 0 Å². The van der Waals surface area contributed by atoms with Crippen molar-refractivity contribution in [2.24, 2.45) is 0 Å². The van der Waals surface area contributed by atoms with Crippen molar-refractivity contribution in [3.63, 3.8) is 0 Å². The lowest BCUT2D eigenvalue weighted by atomic mass is 9.67. The average molecular weight is 1210 g/mol. The topological polar surface area (TPSA) is 92.3 Å². The lowest BCUT2D eigenvalue weighted by Crippen LogP contribution is -2.49. The van der Waals surface area contributed by atoms with Crippen LogP contribution in [0.2, 0.25) is 0 Å².